The molecule has 1 saturated heterocycles. The first-order valence-electron chi connectivity index (χ1n) is 11.3. The van der Waals surface area contributed by atoms with Crippen LogP contribution in [0.5, 0.6) is 5.75 Å². The molecular formula is C25H31N3O5. The molecule has 0 aliphatic carbocycles. The number of hydrogen-bond donors (Lipinski definition) is 3. The summed E-state index contributed by atoms with van der Waals surface area (Å²) >= 11 is 0. The quantitative estimate of drug-likeness (QED) is 0.553. The molecule has 1 fully saturated rings. The number of nitrogens with one attached hydrogen (secondary N) is 2. The molecule has 4 N–H and O–H groups in total. The van der Waals surface area contributed by atoms with Crippen LogP contribution in [0.15, 0.2) is 42.5 Å². The molecule has 2 aliphatic heterocycles. The molecule has 33 heavy (non-hydrogen) atoms. The molecule has 1 unspecified atom stereocenters. The number of amides is 2. The van der Waals surface area contributed by atoms with E-state index in [9.17, 15) is 9.59 Å². The zero-order chi connectivity index (χ0) is 23.4. The fraction of sp³-hybridized carbons (Fsp3) is 0.440. The average molecular weight is 454 g/mol. The van der Waals surface area contributed by atoms with Gasteiger partial charge >= 0.3 is 0 Å². The zero-order valence-corrected chi connectivity index (χ0v) is 19.1. The maximum atomic E-state index is 13.0. The Labute approximate surface area is 193 Å². The minimum absolute atomic E-state index is 0.0826. The van der Waals surface area contributed by atoms with E-state index < -0.39 is 5.41 Å². The van der Waals surface area contributed by atoms with Crippen LogP contribution < -0.4 is 21.1 Å². The van der Waals surface area contributed by atoms with Gasteiger partial charge in [0.1, 0.15) is 12.4 Å². The van der Waals surface area contributed by atoms with Gasteiger partial charge in [0.25, 0.3) is 11.8 Å². The van der Waals surface area contributed by atoms with E-state index in [0.29, 0.717) is 56.1 Å². The number of fused-ring (bicyclic) bond motifs is 1. The van der Waals surface area contributed by atoms with Crippen LogP contribution in [0.1, 0.15) is 51.6 Å². The Bertz CT molecular complexity index is 1000. The summed E-state index contributed by atoms with van der Waals surface area (Å²) in [5, 5.41) is 5.59. The van der Waals surface area contributed by atoms with Crippen molar-refractivity contribution >= 4 is 11.8 Å². The predicted octanol–water partition coefficient (Wildman–Crippen LogP) is 1.95. The lowest BCUT2D eigenvalue weighted by Crippen LogP contribution is -2.41. The van der Waals surface area contributed by atoms with E-state index in [1.807, 2.05) is 36.4 Å². The van der Waals surface area contributed by atoms with Crippen LogP contribution in [0.2, 0.25) is 0 Å². The standard InChI is InChI=1S/C25H31N3O5/c1-25(17-7-4-3-5-8-17)15-33-22-19(24(30)27-2)11-16(12-20(22)25)23(29)28-10-6-9-21-31-13-18(26)14-32-21/h3-5,7-8,11-12,18,21H,6,9-10,13-15,26H2,1-2H3,(H,27,30)(H,28,29). The van der Waals surface area contributed by atoms with Crippen LogP contribution in [0.4, 0.5) is 0 Å². The predicted molar refractivity (Wildman–Crippen MR) is 123 cm³/mol. The smallest absolute Gasteiger partial charge is 0.254 e. The lowest BCUT2D eigenvalue weighted by Gasteiger charge is -2.27. The number of carbonyl (C=O) groups is 2. The van der Waals surface area contributed by atoms with E-state index in [-0.39, 0.29) is 24.1 Å². The van der Waals surface area contributed by atoms with Gasteiger partial charge in [-0.25, -0.2) is 0 Å². The van der Waals surface area contributed by atoms with Crippen LogP contribution in [-0.4, -0.2) is 57.6 Å². The van der Waals surface area contributed by atoms with Gasteiger partial charge in [-0.05, 0) is 31.0 Å². The van der Waals surface area contributed by atoms with Crippen molar-refractivity contribution < 1.29 is 23.8 Å². The van der Waals surface area contributed by atoms with Gasteiger partial charge in [-0.3, -0.25) is 9.59 Å². The highest BCUT2D eigenvalue weighted by Gasteiger charge is 2.40. The Hall–Kier alpha value is -2.94. The molecule has 0 saturated carbocycles. The minimum Gasteiger partial charge on any atom is -0.491 e. The zero-order valence-electron chi connectivity index (χ0n) is 19.1. The summed E-state index contributed by atoms with van der Waals surface area (Å²) in [4.78, 5) is 25.6. The first-order valence-corrected chi connectivity index (χ1v) is 11.3. The van der Waals surface area contributed by atoms with Gasteiger partial charge in [0, 0.05) is 31.1 Å². The van der Waals surface area contributed by atoms with Crippen LogP contribution in [-0.2, 0) is 14.9 Å². The topological polar surface area (TPSA) is 112 Å². The number of ether oxygens (including phenoxy) is 3. The Morgan fingerprint density at radius 1 is 1.12 bits per heavy atom. The molecule has 1 atom stereocenters. The molecule has 0 bridgehead atoms. The Balaban J connectivity index is 1.51. The van der Waals surface area contributed by atoms with Gasteiger partial charge in [-0.2, -0.15) is 0 Å². The third kappa shape index (κ3) is 4.88. The van der Waals surface area contributed by atoms with Crippen molar-refractivity contribution in [2.75, 3.05) is 33.4 Å². The van der Waals surface area contributed by atoms with Gasteiger partial charge in [-0.1, -0.05) is 30.3 Å². The van der Waals surface area contributed by atoms with Crippen LogP contribution in [0, 0.1) is 0 Å². The molecule has 176 valence electrons. The Kier molecular flexibility index (Phi) is 6.97. The summed E-state index contributed by atoms with van der Waals surface area (Å²) < 4.78 is 17.1. The average Bonchev–Trinajstić information content (AvgIpc) is 3.20. The summed E-state index contributed by atoms with van der Waals surface area (Å²) in [6.45, 7) is 3.90. The maximum absolute atomic E-state index is 13.0. The fourth-order valence-corrected chi connectivity index (χ4v) is 4.27. The number of benzene rings is 2. The monoisotopic (exact) mass is 453 g/mol. The van der Waals surface area contributed by atoms with E-state index in [1.165, 1.54) is 0 Å². The SMILES string of the molecule is CNC(=O)c1cc(C(=O)NCCCC2OCC(N)CO2)cc2c1OCC2(C)c1ccccc1. The van der Waals surface area contributed by atoms with Gasteiger partial charge in [0.05, 0.1) is 30.2 Å². The highest BCUT2D eigenvalue weighted by Crippen LogP contribution is 2.45. The molecule has 0 aromatic heterocycles. The van der Waals surface area contributed by atoms with Crippen molar-refractivity contribution in [1.29, 1.82) is 0 Å². The fourth-order valence-electron chi connectivity index (χ4n) is 4.27. The molecule has 0 spiro atoms. The van der Waals surface area contributed by atoms with Crippen molar-refractivity contribution in [3.05, 3.63) is 64.7 Å². The molecule has 2 aromatic rings. The van der Waals surface area contributed by atoms with E-state index in [4.69, 9.17) is 19.9 Å². The summed E-state index contributed by atoms with van der Waals surface area (Å²) in [5.41, 5.74) is 7.97. The normalized spacial score (nSPS) is 24.0. The molecule has 8 nitrogen and oxygen atoms in total. The van der Waals surface area contributed by atoms with Crippen LogP contribution in [0.25, 0.3) is 0 Å². The van der Waals surface area contributed by atoms with E-state index in [1.54, 1.807) is 13.1 Å². The van der Waals surface area contributed by atoms with E-state index in [0.717, 1.165) is 11.1 Å². The van der Waals surface area contributed by atoms with Gasteiger partial charge < -0.3 is 30.6 Å². The molecule has 2 aliphatic rings. The number of hydrogen-bond acceptors (Lipinski definition) is 6. The highest BCUT2D eigenvalue weighted by atomic mass is 16.7. The summed E-state index contributed by atoms with van der Waals surface area (Å²) in [7, 11) is 1.56. The van der Waals surface area contributed by atoms with Crippen molar-refractivity contribution in [3.8, 4) is 5.75 Å². The van der Waals surface area contributed by atoms with E-state index >= 15 is 0 Å². The first-order chi connectivity index (χ1) is 15.9. The second kappa shape index (κ2) is 9.91. The lowest BCUT2D eigenvalue weighted by atomic mass is 9.77. The molecule has 2 aromatic carbocycles. The minimum atomic E-state index is -0.466. The summed E-state index contributed by atoms with van der Waals surface area (Å²) in [6, 6.07) is 13.3. The highest BCUT2D eigenvalue weighted by molar-refractivity contribution is 6.02. The van der Waals surface area contributed by atoms with Gasteiger partial charge in [0.15, 0.2) is 6.29 Å². The number of carbonyl (C=O) groups excluding carboxylic acids is 2. The van der Waals surface area contributed by atoms with Gasteiger partial charge in [0.2, 0.25) is 0 Å². The molecular weight excluding hydrogens is 422 g/mol. The molecule has 0 radical (unpaired) electrons. The molecule has 4 rings (SSSR count). The van der Waals surface area contributed by atoms with Crippen LogP contribution in [0.3, 0.4) is 0 Å². The van der Waals surface area contributed by atoms with Crippen molar-refractivity contribution in [2.24, 2.45) is 5.73 Å². The van der Waals surface area contributed by atoms with Crippen LogP contribution >= 0.6 is 0 Å². The Morgan fingerprint density at radius 2 is 1.85 bits per heavy atom. The van der Waals surface area contributed by atoms with Crippen molar-refractivity contribution in [1.82, 2.24) is 10.6 Å². The summed E-state index contributed by atoms with van der Waals surface area (Å²) in [5.74, 6) is 0.00263. The van der Waals surface area contributed by atoms with Gasteiger partial charge in [-0.15, -0.1) is 0 Å². The first kappa shape index (κ1) is 23.2. The lowest BCUT2D eigenvalue weighted by molar-refractivity contribution is -0.188. The second-order valence-corrected chi connectivity index (χ2v) is 8.72. The summed E-state index contributed by atoms with van der Waals surface area (Å²) in [6.07, 6.45) is 1.08. The molecule has 2 amide bonds. The largest absolute Gasteiger partial charge is 0.491 e. The second-order valence-electron chi connectivity index (χ2n) is 8.72. The maximum Gasteiger partial charge on any atom is 0.254 e. The number of rotatable bonds is 7. The third-order valence-corrected chi connectivity index (χ3v) is 6.23. The molecule has 2 heterocycles. The number of nitrogens with two attached hydrogens (primary N) is 1. The van der Waals surface area contributed by atoms with Crippen molar-refractivity contribution in [2.45, 2.75) is 37.5 Å². The third-order valence-electron chi connectivity index (χ3n) is 6.23. The Morgan fingerprint density at radius 3 is 2.55 bits per heavy atom. The van der Waals surface area contributed by atoms with E-state index in [2.05, 4.69) is 17.6 Å². The molecule has 8 heteroatoms. The van der Waals surface area contributed by atoms with Crippen molar-refractivity contribution in [3.63, 3.8) is 0 Å².